The minimum Gasteiger partial charge on any atom is -0.396 e. The highest BCUT2D eigenvalue weighted by molar-refractivity contribution is 5.98. The Labute approximate surface area is 131 Å². The van der Waals surface area contributed by atoms with E-state index in [1.807, 2.05) is 67.6 Å². The minimum atomic E-state index is -0.305. The van der Waals surface area contributed by atoms with E-state index in [4.69, 9.17) is 9.84 Å². The number of hydrogen-bond acceptors (Lipinski definition) is 3. The van der Waals surface area contributed by atoms with Gasteiger partial charge < -0.3 is 9.84 Å². The number of rotatable bonds is 8. The lowest BCUT2D eigenvalue weighted by Gasteiger charge is -2.24. The van der Waals surface area contributed by atoms with Crippen molar-refractivity contribution in [3.63, 3.8) is 0 Å². The van der Waals surface area contributed by atoms with Crippen molar-refractivity contribution < 1.29 is 14.6 Å². The molecular weight excluding hydrogens is 276 g/mol. The topological polar surface area (TPSA) is 46.5 Å². The first-order valence-electron chi connectivity index (χ1n) is 7.60. The van der Waals surface area contributed by atoms with Crippen LogP contribution in [0.5, 0.6) is 0 Å². The molecule has 0 fully saturated rings. The van der Waals surface area contributed by atoms with Gasteiger partial charge in [0.25, 0.3) is 0 Å². The largest absolute Gasteiger partial charge is 0.396 e. The van der Waals surface area contributed by atoms with Gasteiger partial charge in [-0.3, -0.25) is 4.79 Å². The third-order valence-electron chi connectivity index (χ3n) is 3.65. The third-order valence-corrected chi connectivity index (χ3v) is 3.65. The molecule has 116 valence electrons. The van der Waals surface area contributed by atoms with E-state index in [1.165, 1.54) is 0 Å². The second kappa shape index (κ2) is 8.47. The lowest BCUT2D eigenvalue weighted by molar-refractivity contribution is 0.0117. The van der Waals surface area contributed by atoms with Gasteiger partial charge in [-0.2, -0.15) is 0 Å². The third kappa shape index (κ3) is 4.26. The van der Waals surface area contributed by atoms with Gasteiger partial charge in [-0.15, -0.1) is 0 Å². The summed E-state index contributed by atoms with van der Waals surface area (Å²) < 4.78 is 5.89. The van der Waals surface area contributed by atoms with Crippen molar-refractivity contribution in [1.29, 1.82) is 0 Å². The van der Waals surface area contributed by atoms with Gasteiger partial charge in [0, 0.05) is 24.7 Å². The van der Waals surface area contributed by atoms with Crippen LogP contribution in [0, 0.1) is 5.92 Å². The summed E-state index contributed by atoms with van der Waals surface area (Å²) in [6, 6.07) is 19.1. The number of ketones is 1. The average molecular weight is 298 g/mol. The number of carbonyl (C=O) groups is 1. The van der Waals surface area contributed by atoms with Crippen LogP contribution in [0.4, 0.5) is 0 Å². The zero-order valence-electron chi connectivity index (χ0n) is 12.8. The zero-order chi connectivity index (χ0) is 15.8. The van der Waals surface area contributed by atoms with Crippen molar-refractivity contribution in [3.8, 4) is 0 Å². The van der Waals surface area contributed by atoms with E-state index in [1.54, 1.807) is 0 Å². The van der Waals surface area contributed by atoms with Gasteiger partial charge in [0.2, 0.25) is 0 Å². The van der Waals surface area contributed by atoms with E-state index in [-0.39, 0.29) is 24.4 Å². The number of benzene rings is 2. The lowest BCUT2D eigenvalue weighted by atomic mass is 9.90. The van der Waals surface area contributed by atoms with Crippen LogP contribution >= 0.6 is 0 Å². The van der Waals surface area contributed by atoms with Crippen LogP contribution in [-0.4, -0.2) is 24.1 Å². The minimum absolute atomic E-state index is 0.0680. The summed E-state index contributed by atoms with van der Waals surface area (Å²) in [6.45, 7) is 2.41. The first-order valence-corrected chi connectivity index (χ1v) is 7.60. The summed E-state index contributed by atoms with van der Waals surface area (Å²) in [7, 11) is 0. The molecule has 0 bridgehead atoms. The maximum Gasteiger partial charge on any atom is 0.168 e. The maximum absolute atomic E-state index is 12.7. The number of aliphatic hydroxyl groups excluding tert-OH is 1. The molecule has 0 radical (unpaired) electrons. The molecule has 3 heteroatoms. The molecule has 0 saturated heterocycles. The predicted octanol–water partition coefficient (Wildman–Crippen LogP) is 3.65. The molecule has 2 aromatic rings. The second-order valence-electron chi connectivity index (χ2n) is 5.30. The van der Waals surface area contributed by atoms with Crippen LogP contribution < -0.4 is 0 Å². The van der Waals surface area contributed by atoms with Crippen LogP contribution in [0.3, 0.4) is 0 Å². The molecule has 0 spiro atoms. The van der Waals surface area contributed by atoms with Crippen LogP contribution in [0.1, 0.15) is 35.4 Å². The highest BCUT2D eigenvalue weighted by Crippen LogP contribution is 2.28. The highest BCUT2D eigenvalue weighted by Gasteiger charge is 2.26. The summed E-state index contributed by atoms with van der Waals surface area (Å²) in [6.07, 6.45) is 0.260. The van der Waals surface area contributed by atoms with Gasteiger partial charge in [-0.1, -0.05) is 67.6 Å². The van der Waals surface area contributed by atoms with Gasteiger partial charge in [0.05, 0.1) is 6.10 Å². The molecule has 0 heterocycles. The SMILES string of the molecule is CC(C(=O)c1ccccc1)C(OCCCO)c1ccccc1. The normalized spacial score (nSPS) is 13.5. The Hall–Kier alpha value is -1.97. The van der Waals surface area contributed by atoms with Crippen LogP contribution in [0.15, 0.2) is 60.7 Å². The fourth-order valence-electron chi connectivity index (χ4n) is 2.45. The molecule has 0 aromatic heterocycles. The molecular formula is C19H22O3. The van der Waals surface area contributed by atoms with Crippen LogP contribution in [-0.2, 0) is 4.74 Å². The highest BCUT2D eigenvalue weighted by atomic mass is 16.5. The lowest BCUT2D eigenvalue weighted by Crippen LogP contribution is -2.22. The molecule has 2 rings (SSSR count). The van der Waals surface area contributed by atoms with Gasteiger partial charge in [-0.05, 0) is 12.0 Å². The number of carbonyl (C=O) groups excluding carboxylic acids is 1. The molecule has 0 aliphatic rings. The van der Waals surface area contributed by atoms with Crippen molar-refractivity contribution in [2.24, 2.45) is 5.92 Å². The van der Waals surface area contributed by atoms with Gasteiger partial charge >= 0.3 is 0 Å². The first kappa shape index (κ1) is 16.4. The molecule has 2 atom stereocenters. The summed E-state index contributed by atoms with van der Waals surface area (Å²) in [5, 5.41) is 8.93. The van der Waals surface area contributed by atoms with E-state index in [9.17, 15) is 4.79 Å². The van der Waals surface area contributed by atoms with Crippen molar-refractivity contribution >= 4 is 5.78 Å². The Bertz CT molecular complexity index is 566. The first-order chi connectivity index (χ1) is 10.7. The van der Waals surface area contributed by atoms with E-state index in [0.717, 1.165) is 5.56 Å². The number of aliphatic hydroxyl groups is 1. The summed E-state index contributed by atoms with van der Waals surface area (Å²) in [5.74, 6) is -0.220. The summed E-state index contributed by atoms with van der Waals surface area (Å²) in [5.41, 5.74) is 1.68. The molecule has 2 unspecified atom stereocenters. The second-order valence-corrected chi connectivity index (χ2v) is 5.30. The zero-order valence-corrected chi connectivity index (χ0v) is 12.8. The van der Waals surface area contributed by atoms with Crippen LogP contribution in [0.2, 0.25) is 0 Å². The molecule has 22 heavy (non-hydrogen) atoms. The molecule has 0 saturated carbocycles. The number of hydrogen-bond donors (Lipinski definition) is 1. The van der Waals surface area contributed by atoms with E-state index < -0.39 is 0 Å². The maximum atomic E-state index is 12.7. The quantitative estimate of drug-likeness (QED) is 0.598. The Morgan fingerprint density at radius 3 is 2.23 bits per heavy atom. The standard InChI is InChI=1S/C19H22O3/c1-15(18(21)16-9-4-2-5-10-16)19(22-14-8-13-20)17-11-6-3-7-12-17/h2-7,9-12,15,19-20H,8,13-14H2,1H3. The summed E-state index contributed by atoms with van der Waals surface area (Å²) in [4.78, 5) is 12.7. The van der Waals surface area contributed by atoms with Gasteiger partial charge in [0.1, 0.15) is 0 Å². The fraction of sp³-hybridized carbons (Fsp3) is 0.316. The molecule has 0 aliphatic carbocycles. The fourth-order valence-corrected chi connectivity index (χ4v) is 2.45. The van der Waals surface area contributed by atoms with Crippen molar-refractivity contribution in [2.75, 3.05) is 13.2 Å². The van der Waals surface area contributed by atoms with Gasteiger partial charge in [-0.25, -0.2) is 0 Å². The Balaban J connectivity index is 2.18. The van der Waals surface area contributed by atoms with Crippen molar-refractivity contribution in [1.82, 2.24) is 0 Å². The van der Waals surface area contributed by atoms with Crippen molar-refractivity contribution in [3.05, 3.63) is 71.8 Å². The Morgan fingerprint density at radius 1 is 1.05 bits per heavy atom. The van der Waals surface area contributed by atoms with E-state index >= 15 is 0 Å². The average Bonchev–Trinajstić information content (AvgIpc) is 2.59. The predicted molar refractivity (Wildman–Crippen MR) is 86.8 cm³/mol. The van der Waals surface area contributed by atoms with Gasteiger partial charge in [0.15, 0.2) is 5.78 Å². The van der Waals surface area contributed by atoms with E-state index in [2.05, 4.69) is 0 Å². The number of ether oxygens (including phenoxy) is 1. The molecule has 1 N–H and O–H groups in total. The molecule has 0 aliphatic heterocycles. The monoisotopic (exact) mass is 298 g/mol. The molecule has 2 aromatic carbocycles. The smallest absolute Gasteiger partial charge is 0.168 e. The summed E-state index contributed by atoms with van der Waals surface area (Å²) >= 11 is 0. The molecule has 0 amide bonds. The molecule has 3 nitrogen and oxygen atoms in total. The Kier molecular flexibility index (Phi) is 6.31. The Morgan fingerprint density at radius 2 is 1.64 bits per heavy atom. The van der Waals surface area contributed by atoms with E-state index in [0.29, 0.717) is 18.6 Å². The van der Waals surface area contributed by atoms with Crippen LogP contribution in [0.25, 0.3) is 0 Å². The van der Waals surface area contributed by atoms with Crippen molar-refractivity contribution in [2.45, 2.75) is 19.4 Å². The number of Topliss-reactive ketones (excluding diaryl/α,β-unsaturated/α-hetero) is 1.